The molecular weight excluding hydrogens is 436 g/mol. The summed E-state index contributed by atoms with van der Waals surface area (Å²) in [6, 6.07) is 6.17. The highest BCUT2D eigenvalue weighted by Crippen LogP contribution is 2.39. The van der Waals surface area contributed by atoms with E-state index in [9.17, 15) is 14.9 Å². The van der Waals surface area contributed by atoms with Crippen molar-refractivity contribution in [1.29, 1.82) is 5.26 Å². The Kier molecular flexibility index (Phi) is 5.82. The Balaban J connectivity index is 1.61. The lowest BCUT2D eigenvalue weighted by molar-refractivity contribution is -0.119. The van der Waals surface area contributed by atoms with Gasteiger partial charge < -0.3 is 5.32 Å². The summed E-state index contributed by atoms with van der Waals surface area (Å²) >= 11 is 4.22. The summed E-state index contributed by atoms with van der Waals surface area (Å²) < 4.78 is 1.56. The second-order valence-corrected chi connectivity index (χ2v) is 10.1. The van der Waals surface area contributed by atoms with Gasteiger partial charge in [-0.1, -0.05) is 23.9 Å². The summed E-state index contributed by atoms with van der Waals surface area (Å²) in [6.45, 7) is 5.83. The van der Waals surface area contributed by atoms with E-state index in [1.807, 2.05) is 22.9 Å². The lowest BCUT2D eigenvalue weighted by atomic mass is 9.98. The summed E-state index contributed by atoms with van der Waals surface area (Å²) in [5.74, 6) is 0.0648. The van der Waals surface area contributed by atoms with Crippen molar-refractivity contribution in [2.75, 3.05) is 5.75 Å². The third kappa shape index (κ3) is 3.95. The second-order valence-electron chi connectivity index (χ2n) is 7.33. The van der Waals surface area contributed by atoms with Gasteiger partial charge in [0, 0.05) is 22.4 Å². The molecular formula is C21H20N4O2S3. The smallest absolute Gasteiger partial charge is 0.263 e. The maximum atomic E-state index is 13.3. The van der Waals surface area contributed by atoms with Crippen molar-refractivity contribution in [3.05, 3.63) is 45.9 Å². The first-order chi connectivity index (χ1) is 14.5. The van der Waals surface area contributed by atoms with Crippen molar-refractivity contribution < 1.29 is 4.79 Å². The van der Waals surface area contributed by atoms with Crippen LogP contribution in [0.5, 0.6) is 0 Å². The number of thiophene rings is 2. The second kappa shape index (κ2) is 8.38. The monoisotopic (exact) mass is 456 g/mol. The number of nitrogens with one attached hydrogen (secondary N) is 1. The molecule has 1 unspecified atom stereocenters. The van der Waals surface area contributed by atoms with E-state index in [0.29, 0.717) is 21.9 Å². The molecule has 4 rings (SSSR count). The Bertz CT molecular complexity index is 1200. The van der Waals surface area contributed by atoms with Crippen LogP contribution >= 0.6 is 34.4 Å². The molecule has 3 aromatic heterocycles. The van der Waals surface area contributed by atoms with Crippen LogP contribution in [0.4, 0.5) is 0 Å². The summed E-state index contributed by atoms with van der Waals surface area (Å²) in [5, 5.41) is 17.3. The van der Waals surface area contributed by atoms with Crippen molar-refractivity contribution in [2.45, 2.75) is 37.0 Å². The minimum absolute atomic E-state index is 0.0856. The average molecular weight is 457 g/mol. The number of nitrogens with zero attached hydrogens (tertiary/aromatic N) is 3. The van der Waals surface area contributed by atoms with Crippen LogP contribution in [0.1, 0.15) is 19.8 Å². The zero-order chi connectivity index (χ0) is 21.3. The zero-order valence-corrected chi connectivity index (χ0v) is 18.8. The van der Waals surface area contributed by atoms with E-state index in [2.05, 4.69) is 22.9 Å². The van der Waals surface area contributed by atoms with Gasteiger partial charge in [0.1, 0.15) is 10.4 Å². The van der Waals surface area contributed by atoms with Gasteiger partial charge in [-0.3, -0.25) is 14.2 Å². The highest BCUT2D eigenvalue weighted by Gasteiger charge is 2.43. The Morgan fingerprint density at radius 1 is 1.53 bits per heavy atom. The van der Waals surface area contributed by atoms with Crippen molar-refractivity contribution in [2.24, 2.45) is 5.92 Å². The molecule has 0 radical (unpaired) electrons. The Morgan fingerprint density at radius 2 is 2.33 bits per heavy atom. The van der Waals surface area contributed by atoms with Gasteiger partial charge in [0.25, 0.3) is 5.56 Å². The van der Waals surface area contributed by atoms with Crippen LogP contribution in [0.25, 0.3) is 20.7 Å². The van der Waals surface area contributed by atoms with Gasteiger partial charge in [-0.25, -0.2) is 4.98 Å². The molecule has 0 aliphatic heterocycles. The maximum absolute atomic E-state index is 13.3. The molecule has 1 fully saturated rings. The first-order valence-electron chi connectivity index (χ1n) is 9.48. The number of thioether (sulfide) groups is 1. The van der Waals surface area contributed by atoms with Crippen LogP contribution in [0.15, 0.2) is 45.5 Å². The van der Waals surface area contributed by atoms with E-state index < -0.39 is 5.54 Å². The number of amides is 1. The van der Waals surface area contributed by atoms with E-state index in [1.54, 1.807) is 28.9 Å². The van der Waals surface area contributed by atoms with Gasteiger partial charge >= 0.3 is 0 Å². The molecule has 6 nitrogen and oxygen atoms in total. The van der Waals surface area contributed by atoms with Crippen molar-refractivity contribution in [1.82, 2.24) is 14.9 Å². The molecule has 1 aliphatic carbocycles. The van der Waals surface area contributed by atoms with E-state index in [-0.39, 0.29) is 23.1 Å². The van der Waals surface area contributed by atoms with Gasteiger partial charge in [-0.05, 0) is 37.1 Å². The standard InChI is InChI=1S/C21H20N4O2S3/c1-3-8-25-19(27)17-14(15-5-4-9-28-15)10-29-18(17)23-20(25)30-11-16(26)24-21(2,12-22)13-6-7-13/h3-5,9-10,13H,1,6-8,11H2,2H3,(H,24,26). The SMILES string of the molecule is C=CCn1c(SCC(=O)NC(C)(C#N)C2CC2)nc2scc(-c3cccs3)c2c1=O. The normalized spacial score (nSPS) is 15.5. The Labute approximate surface area is 186 Å². The predicted molar refractivity (Wildman–Crippen MR) is 123 cm³/mol. The predicted octanol–water partition coefficient (Wildman–Crippen LogP) is 4.27. The van der Waals surface area contributed by atoms with Crippen LogP contribution in [-0.2, 0) is 11.3 Å². The highest BCUT2D eigenvalue weighted by molar-refractivity contribution is 7.99. The fraction of sp³-hybridized carbons (Fsp3) is 0.333. The van der Waals surface area contributed by atoms with E-state index in [1.165, 1.54) is 23.1 Å². The zero-order valence-electron chi connectivity index (χ0n) is 16.4. The largest absolute Gasteiger partial charge is 0.337 e. The molecule has 0 bridgehead atoms. The Hall–Kier alpha value is -2.41. The fourth-order valence-electron chi connectivity index (χ4n) is 3.36. The number of allylic oxidation sites excluding steroid dienone is 1. The van der Waals surface area contributed by atoms with Crippen LogP contribution in [0.3, 0.4) is 0 Å². The number of aromatic nitrogens is 2. The molecule has 0 aromatic carbocycles. The van der Waals surface area contributed by atoms with Crippen molar-refractivity contribution in [3.8, 4) is 16.5 Å². The average Bonchev–Trinajstić information content (AvgIpc) is 3.30. The van der Waals surface area contributed by atoms with Gasteiger partial charge in [-0.2, -0.15) is 5.26 Å². The molecule has 3 heterocycles. The number of hydrogen-bond donors (Lipinski definition) is 1. The third-order valence-corrected chi connectivity index (χ3v) is 7.87. The molecule has 1 saturated carbocycles. The van der Waals surface area contributed by atoms with Crippen molar-refractivity contribution in [3.63, 3.8) is 0 Å². The molecule has 0 saturated heterocycles. The van der Waals surface area contributed by atoms with E-state index in [0.717, 1.165) is 23.3 Å². The summed E-state index contributed by atoms with van der Waals surface area (Å²) in [4.78, 5) is 32.1. The van der Waals surface area contributed by atoms with Crippen LogP contribution in [-0.4, -0.2) is 26.8 Å². The lowest BCUT2D eigenvalue weighted by Gasteiger charge is -2.22. The summed E-state index contributed by atoms with van der Waals surface area (Å²) in [7, 11) is 0. The minimum atomic E-state index is -0.834. The van der Waals surface area contributed by atoms with Gasteiger partial charge in [0.2, 0.25) is 5.91 Å². The third-order valence-electron chi connectivity index (χ3n) is 5.11. The number of carbonyl (C=O) groups is 1. The highest BCUT2D eigenvalue weighted by atomic mass is 32.2. The number of fused-ring (bicyclic) bond motifs is 1. The van der Waals surface area contributed by atoms with Crippen molar-refractivity contribution >= 4 is 50.6 Å². The maximum Gasteiger partial charge on any atom is 0.263 e. The fourth-order valence-corrected chi connectivity index (χ4v) is 5.97. The molecule has 1 N–H and O–H groups in total. The molecule has 154 valence electrons. The molecule has 9 heteroatoms. The molecule has 30 heavy (non-hydrogen) atoms. The first-order valence-corrected chi connectivity index (χ1v) is 12.2. The number of rotatable bonds is 8. The van der Waals surface area contributed by atoms with Crippen LogP contribution in [0, 0.1) is 17.2 Å². The van der Waals surface area contributed by atoms with Crippen LogP contribution in [0.2, 0.25) is 0 Å². The molecule has 1 amide bonds. The minimum Gasteiger partial charge on any atom is -0.337 e. The molecule has 3 aromatic rings. The quantitative estimate of drug-likeness (QED) is 0.311. The van der Waals surface area contributed by atoms with Gasteiger partial charge in [-0.15, -0.1) is 29.3 Å². The number of nitriles is 1. The van der Waals surface area contributed by atoms with E-state index >= 15 is 0 Å². The first kappa shape index (κ1) is 20.8. The Morgan fingerprint density at radius 3 is 2.97 bits per heavy atom. The van der Waals surface area contributed by atoms with Gasteiger partial charge in [0.15, 0.2) is 5.16 Å². The lowest BCUT2D eigenvalue weighted by Crippen LogP contribution is -2.47. The summed E-state index contributed by atoms with van der Waals surface area (Å²) in [5.41, 5.74) is -0.0739. The topological polar surface area (TPSA) is 87.8 Å². The molecule has 1 atom stereocenters. The van der Waals surface area contributed by atoms with Gasteiger partial charge in [0.05, 0.1) is 17.2 Å². The van der Waals surface area contributed by atoms with Crippen LogP contribution < -0.4 is 10.9 Å². The molecule has 1 aliphatic rings. The number of hydrogen-bond acceptors (Lipinski definition) is 7. The van der Waals surface area contributed by atoms with E-state index in [4.69, 9.17) is 0 Å². The number of carbonyl (C=O) groups excluding carboxylic acids is 1. The molecule has 0 spiro atoms. The summed E-state index contributed by atoms with van der Waals surface area (Å²) in [6.07, 6.45) is 3.56.